The fraction of sp³-hybridized carbons (Fsp3) is 0.500. The maximum atomic E-state index is 12.0. The molecule has 0 radical (unpaired) electrons. The molecule has 1 aliphatic rings. The number of anilines is 1. The molecule has 0 saturated carbocycles. The number of hydrogen-bond donors (Lipinski definition) is 2. The van der Waals surface area contributed by atoms with Crippen molar-refractivity contribution in [2.24, 2.45) is 0 Å². The molecule has 1 amide bonds. The van der Waals surface area contributed by atoms with Gasteiger partial charge in [0.25, 0.3) is 0 Å². The first-order chi connectivity index (χ1) is 9.72. The normalized spacial score (nSPS) is 17.5. The van der Waals surface area contributed by atoms with Crippen LogP contribution in [0.3, 0.4) is 0 Å². The second-order valence-corrected chi connectivity index (χ2v) is 5.70. The molecule has 7 heteroatoms. The summed E-state index contributed by atoms with van der Waals surface area (Å²) in [6, 6.07) is 5.61. The molecule has 1 aliphatic heterocycles. The minimum absolute atomic E-state index is 0. The fourth-order valence-corrected chi connectivity index (χ4v) is 3.05. The molecule has 1 heterocycles. The van der Waals surface area contributed by atoms with Gasteiger partial charge in [-0.3, -0.25) is 4.79 Å². The maximum absolute atomic E-state index is 12.0. The first-order valence-electron chi connectivity index (χ1n) is 6.56. The number of halogens is 1. The average Bonchev–Trinajstić information content (AvgIpc) is 2.48. The van der Waals surface area contributed by atoms with Gasteiger partial charge in [0, 0.05) is 42.3 Å². The van der Waals surface area contributed by atoms with Gasteiger partial charge in [-0.25, -0.2) is 0 Å². The minimum atomic E-state index is 0. The van der Waals surface area contributed by atoms with E-state index >= 15 is 0 Å². The average molecular weight is 333 g/mol. The first-order valence-corrected chi connectivity index (χ1v) is 7.71. The van der Waals surface area contributed by atoms with Crippen molar-refractivity contribution >= 4 is 35.8 Å². The lowest BCUT2D eigenvalue weighted by Gasteiger charge is -2.22. The van der Waals surface area contributed by atoms with Crippen molar-refractivity contribution in [2.75, 3.05) is 37.6 Å². The van der Waals surface area contributed by atoms with Crippen LogP contribution in [0.25, 0.3) is 0 Å². The third kappa shape index (κ3) is 5.30. The van der Waals surface area contributed by atoms with E-state index in [2.05, 4.69) is 10.6 Å². The van der Waals surface area contributed by atoms with Gasteiger partial charge < -0.3 is 20.1 Å². The van der Waals surface area contributed by atoms with Crippen LogP contribution in [0.15, 0.2) is 18.2 Å². The molecule has 0 bridgehead atoms. The smallest absolute Gasteiger partial charge is 0.225 e. The van der Waals surface area contributed by atoms with Crippen LogP contribution in [-0.4, -0.2) is 44.2 Å². The highest BCUT2D eigenvalue weighted by Crippen LogP contribution is 2.29. The zero-order chi connectivity index (χ0) is 14.4. The monoisotopic (exact) mass is 332 g/mol. The molecular formula is C14H21ClN2O3S. The Morgan fingerprint density at radius 1 is 1.38 bits per heavy atom. The Balaban J connectivity index is 0.00000220. The van der Waals surface area contributed by atoms with Gasteiger partial charge in [0.15, 0.2) is 11.5 Å². The summed E-state index contributed by atoms with van der Waals surface area (Å²) in [5.74, 6) is 3.37. The Bertz CT molecular complexity index is 468. The highest BCUT2D eigenvalue weighted by atomic mass is 35.5. The molecule has 1 aromatic carbocycles. The van der Waals surface area contributed by atoms with E-state index in [0.717, 1.165) is 23.7 Å². The van der Waals surface area contributed by atoms with Gasteiger partial charge in [-0.1, -0.05) is 0 Å². The Kier molecular flexibility index (Phi) is 7.71. The predicted molar refractivity (Wildman–Crippen MR) is 89.2 cm³/mol. The van der Waals surface area contributed by atoms with Crippen LogP contribution in [0.2, 0.25) is 0 Å². The molecule has 2 N–H and O–H groups in total. The molecule has 1 aromatic rings. The summed E-state index contributed by atoms with van der Waals surface area (Å²) < 4.78 is 10.4. The number of methoxy groups -OCH3 is 2. The number of nitrogens with one attached hydrogen (secondary N) is 2. The zero-order valence-corrected chi connectivity index (χ0v) is 13.8. The summed E-state index contributed by atoms with van der Waals surface area (Å²) >= 11 is 1.88. The summed E-state index contributed by atoms with van der Waals surface area (Å²) in [6.07, 6.45) is 0.487. The van der Waals surface area contributed by atoms with E-state index in [0.29, 0.717) is 17.9 Å². The highest BCUT2D eigenvalue weighted by molar-refractivity contribution is 7.99. The van der Waals surface area contributed by atoms with Gasteiger partial charge in [0.05, 0.1) is 14.2 Å². The van der Waals surface area contributed by atoms with Gasteiger partial charge in [-0.15, -0.1) is 12.4 Å². The summed E-state index contributed by atoms with van der Waals surface area (Å²) in [4.78, 5) is 12.0. The molecule has 1 fully saturated rings. The van der Waals surface area contributed by atoms with Crippen LogP contribution >= 0.6 is 24.2 Å². The molecule has 0 aromatic heterocycles. The van der Waals surface area contributed by atoms with Gasteiger partial charge in [0.1, 0.15) is 0 Å². The van der Waals surface area contributed by atoms with Gasteiger partial charge in [-0.05, 0) is 12.1 Å². The van der Waals surface area contributed by atoms with E-state index in [-0.39, 0.29) is 24.4 Å². The summed E-state index contributed by atoms with van der Waals surface area (Å²) in [5.41, 5.74) is 0.719. The Morgan fingerprint density at radius 3 is 2.76 bits per heavy atom. The van der Waals surface area contributed by atoms with E-state index in [9.17, 15) is 4.79 Å². The van der Waals surface area contributed by atoms with Crippen LogP contribution in [-0.2, 0) is 4.79 Å². The fourth-order valence-electron chi connectivity index (χ4n) is 2.10. The van der Waals surface area contributed by atoms with Crippen molar-refractivity contribution in [1.82, 2.24) is 5.32 Å². The van der Waals surface area contributed by atoms with E-state index in [1.807, 2.05) is 17.8 Å². The van der Waals surface area contributed by atoms with Crippen molar-refractivity contribution in [3.05, 3.63) is 18.2 Å². The Labute approximate surface area is 135 Å². The number of amides is 1. The van der Waals surface area contributed by atoms with E-state index in [1.165, 1.54) is 0 Å². The third-order valence-corrected chi connectivity index (χ3v) is 4.23. The Hall–Kier alpha value is -1.11. The third-order valence-electron chi connectivity index (χ3n) is 3.10. The molecule has 0 spiro atoms. The largest absolute Gasteiger partial charge is 0.493 e. The lowest BCUT2D eigenvalue weighted by atomic mass is 10.2. The van der Waals surface area contributed by atoms with Gasteiger partial charge >= 0.3 is 0 Å². The molecule has 5 nitrogen and oxygen atoms in total. The summed E-state index contributed by atoms with van der Waals surface area (Å²) in [6.45, 7) is 0.971. The van der Waals surface area contributed by atoms with Crippen molar-refractivity contribution in [3.8, 4) is 11.5 Å². The lowest BCUT2D eigenvalue weighted by molar-refractivity contribution is -0.116. The molecule has 1 atom stereocenters. The lowest BCUT2D eigenvalue weighted by Crippen LogP contribution is -2.39. The number of rotatable bonds is 5. The first kappa shape index (κ1) is 17.9. The number of ether oxygens (including phenoxy) is 2. The van der Waals surface area contributed by atoms with Crippen LogP contribution in [0, 0.1) is 0 Å². The number of carbonyl (C=O) groups is 1. The topological polar surface area (TPSA) is 59.6 Å². The van der Waals surface area contributed by atoms with Crippen molar-refractivity contribution in [3.63, 3.8) is 0 Å². The van der Waals surface area contributed by atoms with Crippen molar-refractivity contribution < 1.29 is 14.3 Å². The number of thioether (sulfide) groups is 1. The van der Waals surface area contributed by atoms with Gasteiger partial charge in [-0.2, -0.15) is 11.8 Å². The highest BCUT2D eigenvalue weighted by Gasteiger charge is 2.17. The second kappa shape index (κ2) is 9.02. The summed E-state index contributed by atoms with van der Waals surface area (Å²) in [5, 5.41) is 6.24. The Morgan fingerprint density at radius 2 is 2.14 bits per heavy atom. The molecule has 21 heavy (non-hydrogen) atoms. The van der Waals surface area contributed by atoms with Crippen LogP contribution < -0.4 is 20.1 Å². The molecule has 0 aliphatic carbocycles. The zero-order valence-electron chi connectivity index (χ0n) is 12.2. The SMILES string of the molecule is COc1ccc(NC(=O)CC2CSCCN2)cc1OC.Cl. The second-order valence-electron chi connectivity index (χ2n) is 4.55. The van der Waals surface area contributed by atoms with Crippen molar-refractivity contribution in [2.45, 2.75) is 12.5 Å². The van der Waals surface area contributed by atoms with Crippen LogP contribution in [0.4, 0.5) is 5.69 Å². The number of hydrogen-bond acceptors (Lipinski definition) is 5. The van der Waals surface area contributed by atoms with Crippen LogP contribution in [0.5, 0.6) is 11.5 Å². The van der Waals surface area contributed by atoms with E-state index in [1.54, 1.807) is 26.4 Å². The van der Waals surface area contributed by atoms with Crippen LogP contribution in [0.1, 0.15) is 6.42 Å². The number of carbonyl (C=O) groups excluding carboxylic acids is 1. The standard InChI is InChI=1S/C14H20N2O3S.ClH/c1-18-12-4-3-10(7-13(12)19-2)16-14(17)8-11-9-20-6-5-15-11;/h3-4,7,11,15H,5-6,8-9H2,1-2H3,(H,16,17);1H. The quantitative estimate of drug-likeness (QED) is 0.865. The maximum Gasteiger partial charge on any atom is 0.225 e. The molecule has 1 saturated heterocycles. The minimum Gasteiger partial charge on any atom is -0.493 e. The van der Waals surface area contributed by atoms with E-state index in [4.69, 9.17) is 9.47 Å². The molecule has 2 rings (SSSR count). The number of benzene rings is 1. The van der Waals surface area contributed by atoms with Crippen molar-refractivity contribution in [1.29, 1.82) is 0 Å². The summed E-state index contributed by atoms with van der Waals surface area (Å²) in [7, 11) is 3.16. The van der Waals surface area contributed by atoms with Gasteiger partial charge in [0.2, 0.25) is 5.91 Å². The predicted octanol–water partition coefficient (Wildman–Crippen LogP) is 2.16. The van der Waals surface area contributed by atoms with E-state index < -0.39 is 0 Å². The molecular weight excluding hydrogens is 312 g/mol. The molecule has 118 valence electrons. The molecule has 1 unspecified atom stereocenters.